The van der Waals surface area contributed by atoms with Crippen molar-refractivity contribution < 1.29 is 19.1 Å². The number of nitrogen functional groups attached to an aromatic ring is 2. The first-order valence-electron chi connectivity index (χ1n) is 18.4. The van der Waals surface area contributed by atoms with Crippen LogP contribution in [0.2, 0.25) is 0 Å². The monoisotopic (exact) mass is 724 g/mol. The van der Waals surface area contributed by atoms with Crippen LogP contribution >= 0.6 is 0 Å². The molecule has 0 radical (unpaired) electrons. The minimum absolute atomic E-state index is 0.114. The summed E-state index contributed by atoms with van der Waals surface area (Å²) in [5.41, 5.74) is 18.4. The quantitative estimate of drug-likeness (QED) is 0.142. The third-order valence-electron chi connectivity index (χ3n) is 9.58. The van der Waals surface area contributed by atoms with E-state index in [0.29, 0.717) is 36.5 Å². The number of carbonyl (C=O) groups excluding carboxylic acids is 2. The van der Waals surface area contributed by atoms with E-state index in [4.69, 9.17) is 20.9 Å². The summed E-state index contributed by atoms with van der Waals surface area (Å²) >= 11 is 0. The minimum Gasteiger partial charge on any atom is -0.477 e. The third-order valence-corrected chi connectivity index (χ3v) is 9.58. The van der Waals surface area contributed by atoms with Crippen molar-refractivity contribution in [1.82, 2.24) is 30.2 Å². The Morgan fingerprint density at radius 1 is 0.704 bits per heavy atom. The van der Waals surface area contributed by atoms with Crippen molar-refractivity contribution in [1.29, 1.82) is 0 Å². The van der Waals surface area contributed by atoms with Gasteiger partial charge in [-0.05, 0) is 116 Å². The summed E-state index contributed by atoms with van der Waals surface area (Å²) in [4.78, 5) is 43.6. The van der Waals surface area contributed by atoms with Crippen molar-refractivity contribution in [2.75, 3.05) is 44.8 Å². The number of benzene rings is 4. The lowest BCUT2D eigenvalue weighted by molar-refractivity contribution is 0.0724. The lowest BCUT2D eigenvalue weighted by Gasteiger charge is -2.26. The fraction of sp³-hybridized carbons (Fsp3) is 0.286. The highest BCUT2D eigenvalue weighted by Crippen LogP contribution is 2.33. The fourth-order valence-corrected chi connectivity index (χ4v) is 6.50. The minimum atomic E-state index is -0.114. The molecule has 12 heteroatoms. The first kappa shape index (κ1) is 36.1. The summed E-state index contributed by atoms with van der Waals surface area (Å²) in [7, 11) is 1.62. The summed E-state index contributed by atoms with van der Waals surface area (Å²) in [5.74, 6) is 2.03. The largest absolute Gasteiger partial charge is 0.477 e. The smallest absolute Gasteiger partial charge is 0.253 e. The van der Waals surface area contributed by atoms with Crippen LogP contribution in [0.5, 0.6) is 11.8 Å². The molecule has 0 spiro atoms. The van der Waals surface area contributed by atoms with Gasteiger partial charge < -0.3 is 31.2 Å². The van der Waals surface area contributed by atoms with Gasteiger partial charge in [0.25, 0.3) is 11.8 Å². The summed E-state index contributed by atoms with van der Waals surface area (Å²) in [6, 6.07) is 27.0. The Hall–Kier alpha value is -6.30. The van der Waals surface area contributed by atoms with E-state index < -0.39 is 0 Å². The number of amides is 2. The van der Waals surface area contributed by atoms with Crippen molar-refractivity contribution in [3.05, 3.63) is 96.1 Å². The number of carbonyl (C=O) groups is 2. The Balaban J connectivity index is 0.000000167. The number of piperidine rings is 1. The second-order valence-electron chi connectivity index (χ2n) is 13.5. The number of ether oxygens (including phenoxy) is 2. The van der Waals surface area contributed by atoms with Crippen LogP contribution in [-0.4, -0.2) is 70.0 Å². The van der Waals surface area contributed by atoms with Crippen molar-refractivity contribution in [3.63, 3.8) is 0 Å². The first-order valence-corrected chi connectivity index (χ1v) is 18.4. The zero-order valence-electron chi connectivity index (χ0n) is 30.5. The SMILES string of the molecule is CCOc1nc(N)nc2ccc(-c3ccc(C(=O)N4CCCCC4)cc3)cc12.CNC(=O)c1cccc(-c2ccc3nc(N)nc(OCC4CC4)c3c2)c1. The van der Waals surface area contributed by atoms with Crippen LogP contribution in [0.25, 0.3) is 44.1 Å². The van der Waals surface area contributed by atoms with Crippen LogP contribution in [0.1, 0.15) is 59.7 Å². The van der Waals surface area contributed by atoms with Gasteiger partial charge in [-0.25, -0.2) is 9.97 Å². The van der Waals surface area contributed by atoms with Gasteiger partial charge in [-0.15, -0.1) is 0 Å². The van der Waals surface area contributed by atoms with Crippen molar-refractivity contribution in [3.8, 4) is 34.0 Å². The molecule has 12 nitrogen and oxygen atoms in total. The maximum Gasteiger partial charge on any atom is 0.253 e. The lowest BCUT2D eigenvalue weighted by atomic mass is 10.0. The third kappa shape index (κ3) is 8.33. The Kier molecular flexibility index (Phi) is 10.8. The number of nitrogens with one attached hydrogen (secondary N) is 1. The lowest BCUT2D eigenvalue weighted by Crippen LogP contribution is -2.35. The van der Waals surface area contributed by atoms with Gasteiger partial charge in [-0.1, -0.05) is 36.4 Å². The van der Waals surface area contributed by atoms with Gasteiger partial charge in [0.05, 0.1) is 35.0 Å². The van der Waals surface area contributed by atoms with E-state index in [0.717, 1.165) is 75.6 Å². The van der Waals surface area contributed by atoms with Gasteiger partial charge in [0, 0.05) is 31.3 Å². The molecule has 54 heavy (non-hydrogen) atoms. The van der Waals surface area contributed by atoms with Crippen molar-refractivity contribution in [2.45, 2.75) is 39.0 Å². The topological polar surface area (TPSA) is 171 Å². The predicted octanol–water partition coefficient (Wildman–Crippen LogP) is 6.93. The first-order chi connectivity index (χ1) is 26.3. The predicted molar refractivity (Wildman–Crippen MR) is 211 cm³/mol. The van der Waals surface area contributed by atoms with Crippen molar-refractivity contribution >= 4 is 45.5 Å². The average Bonchev–Trinajstić information content (AvgIpc) is 4.04. The van der Waals surface area contributed by atoms with Gasteiger partial charge in [-0.2, -0.15) is 9.97 Å². The second-order valence-corrected chi connectivity index (χ2v) is 13.5. The van der Waals surface area contributed by atoms with Crippen LogP contribution in [0, 0.1) is 5.92 Å². The molecule has 5 N–H and O–H groups in total. The summed E-state index contributed by atoms with van der Waals surface area (Å²) < 4.78 is 11.5. The zero-order valence-corrected chi connectivity index (χ0v) is 30.5. The van der Waals surface area contributed by atoms with Crippen LogP contribution < -0.4 is 26.3 Å². The summed E-state index contributed by atoms with van der Waals surface area (Å²) in [5, 5.41) is 4.29. The van der Waals surface area contributed by atoms with Crippen LogP contribution in [0.15, 0.2) is 84.9 Å². The molecule has 3 heterocycles. The summed E-state index contributed by atoms with van der Waals surface area (Å²) in [6.45, 7) is 4.78. The highest BCUT2D eigenvalue weighted by Gasteiger charge is 2.23. The molecule has 0 unspecified atom stereocenters. The molecule has 1 saturated heterocycles. The maximum absolute atomic E-state index is 12.7. The van der Waals surface area contributed by atoms with E-state index in [1.54, 1.807) is 13.1 Å². The van der Waals surface area contributed by atoms with E-state index in [9.17, 15) is 9.59 Å². The number of nitrogens with zero attached hydrogens (tertiary/aromatic N) is 5. The summed E-state index contributed by atoms with van der Waals surface area (Å²) in [6.07, 6.45) is 5.81. The highest BCUT2D eigenvalue weighted by molar-refractivity contribution is 5.96. The molecule has 6 aromatic rings. The standard InChI is InChI=1S/C22H24N4O2.C20H20N4O2/c1-2-28-20-18-14-17(10-11-19(18)24-22(23)25-20)15-6-8-16(9-7-15)21(27)26-12-4-3-5-13-26;1-22-18(25)15-4-2-3-13(9-15)14-7-8-17-16(10-14)19(24-20(21)23-17)26-11-12-5-6-12/h6-11,14H,2-5,12-13H2,1H3,(H2,23,24,25);2-4,7-10,12H,5-6,11H2,1H3,(H,22,25)(H2,21,23,24). The van der Waals surface area contributed by atoms with Crippen molar-refractivity contribution in [2.24, 2.45) is 5.92 Å². The van der Waals surface area contributed by atoms with E-state index in [1.807, 2.05) is 90.7 Å². The number of aromatic nitrogens is 4. The maximum atomic E-state index is 12.7. The van der Waals surface area contributed by atoms with Crippen LogP contribution in [0.4, 0.5) is 11.9 Å². The second kappa shape index (κ2) is 16.2. The number of nitrogens with two attached hydrogens (primary N) is 2. The number of hydrogen-bond acceptors (Lipinski definition) is 10. The number of anilines is 2. The van der Waals surface area contributed by atoms with Gasteiger partial charge in [0.1, 0.15) is 0 Å². The van der Waals surface area contributed by atoms with Crippen LogP contribution in [0.3, 0.4) is 0 Å². The van der Waals surface area contributed by atoms with E-state index >= 15 is 0 Å². The number of hydrogen-bond donors (Lipinski definition) is 3. The van der Waals surface area contributed by atoms with Crippen LogP contribution in [-0.2, 0) is 0 Å². The molecule has 2 amide bonds. The molecule has 1 saturated carbocycles. The molecule has 2 aliphatic rings. The molecule has 2 fully saturated rings. The molecular formula is C42H44N8O4. The molecule has 0 atom stereocenters. The molecule has 276 valence electrons. The fourth-order valence-electron chi connectivity index (χ4n) is 6.50. The molecule has 1 aliphatic carbocycles. The number of fused-ring (bicyclic) bond motifs is 2. The zero-order chi connectivity index (χ0) is 37.6. The molecule has 4 aromatic carbocycles. The molecule has 8 rings (SSSR count). The number of rotatable bonds is 9. The van der Waals surface area contributed by atoms with E-state index in [-0.39, 0.29) is 23.7 Å². The molecule has 2 aromatic heterocycles. The van der Waals surface area contributed by atoms with Gasteiger partial charge in [0.15, 0.2) is 0 Å². The number of likely N-dealkylation sites (tertiary alicyclic amines) is 1. The Bertz CT molecular complexity index is 2300. The van der Waals surface area contributed by atoms with Gasteiger partial charge in [-0.3, -0.25) is 9.59 Å². The molecule has 1 aliphatic heterocycles. The average molecular weight is 725 g/mol. The van der Waals surface area contributed by atoms with Gasteiger partial charge >= 0.3 is 0 Å². The van der Waals surface area contributed by atoms with E-state index in [1.165, 1.54) is 19.3 Å². The van der Waals surface area contributed by atoms with Gasteiger partial charge in [0.2, 0.25) is 23.7 Å². The Morgan fingerprint density at radius 3 is 1.87 bits per heavy atom. The normalized spacial score (nSPS) is 13.9. The Morgan fingerprint density at radius 2 is 1.28 bits per heavy atom. The molecular weight excluding hydrogens is 681 g/mol. The van der Waals surface area contributed by atoms with E-state index in [2.05, 4.69) is 25.3 Å². The molecule has 0 bridgehead atoms. The Labute approximate surface area is 313 Å². The highest BCUT2D eigenvalue weighted by atomic mass is 16.5.